The van der Waals surface area contributed by atoms with E-state index in [2.05, 4.69) is 9.80 Å². The van der Waals surface area contributed by atoms with E-state index in [1.54, 1.807) is 24.3 Å². The lowest BCUT2D eigenvalue weighted by Crippen LogP contribution is -2.47. The highest BCUT2D eigenvalue weighted by Gasteiger charge is 2.36. The fourth-order valence-electron chi connectivity index (χ4n) is 6.44. The molecule has 40 heavy (non-hydrogen) atoms. The lowest BCUT2D eigenvalue weighted by atomic mass is 9.69. The molecule has 0 aromatic heterocycles. The molecule has 4 rings (SSSR count). The molecule has 1 atom stereocenters. The number of likely N-dealkylation sites (tertiary alicyclic amines) is 2. The largest absolute Gasteiger partial charge is 0.496 e. The van der Waals surface area contributed by atoms with Gasteiger partial charge < -0.3 is 25.4 Å². The Balaban J connectivity index is 1.55. The summed E-state index contributed by atoms with van der Waals surface area (Å²) in [6.45, 7) is 5.44. The van der Waals surface area contributed by atoms with Crippen molar-refractivity contribution in [3.05, 3.63) is 63.6 Å². The zero-order valence-electron chi connectivity index (χ0n) is 23.6. The highest BCUT2D eigenvalue weighted by molar-refractivity contribution is 6.45. The summed E-state index contributed by atoms with van der Waals surface area (Å²) in [5, 5.41) is 17.7. The van der Waals surface area contributed by atoms with Crippen LogP contribution in [0, 0.1) is 10.8 Å². The minimum absolute atomic E-state index is 0.0318. The van der Waals surface area contributed by atoms with Gasteiger partial charge in [-0.2, -0.15) is 0 Å². The van der Waals surface area contributed by atoms with E-state index >= 15 is 0 Å². The van der Waals surface area contributed by atoms with Gasteiger partial charge in [-0.25, -0.2) is 0 Å². The predicted octanol–water partition coefficient (Wildman–Crippen LogP) is 7.30. The molecule has 0 radical (unpaired) electrons. The summed E-state index contributed by atoms with van der Waals surface area (Å²) < 4.78 is 5.41. The number of ketones is 1. The maximum Gasteiger partial charge on any atom is 0.210 e. The number of nitrogens with one attached hydrogen (secondary N) is 2. The third kappa shape index (κ3) is 7.52. The predicted molar refractivity (Wildman–Crippen MR) is 165 cm³/mol. The third-order valence-electron chi connectivity index (χ3n) is 8.81. The monoisotopic (exact) mass is 584 g/mol. The number of piperidine rings is 2. The molecule has 2 saturated heterocycles. The minimum Gasteiger partial charge on any atom is -0.496 e. The number of hydrogen-bond acceptors (Lipinski definition) is 6. The molecular weight excluding hydrogens is 543 g/mol. The van der Waals surface area contributed by atoms with Crippen molar-refractivity contribution in [3.8, 4) is 5.75 Å². The van der Waals surface area contributed by atoms with Crippen LogP contribution in [-0.4, -0.2) is 73.4 Å². The van der Waals surface area contributed by atoms with Crippen molar-refractivity contribution in [3.63, 3.8) is 0 Å². The number of rotatable bonds is 13. The van der Waals surface area contributed by atoms with Crippen molar-refractivity contribution in [1.29, 1.82) is 10.8 Å². The third-order valence-corrected chi connectivity index (χ3v) is 9.55. The Kier molecular flexibility index (Phi) is 11.2. The molecule has 2 aliphatic rings. The Morgan fingerprint density at radius 2 is 1.75 bits per heavy atom. The van der Waals surface area contributed by atoms with Crippen LogP contribution in [0.1, 0.15) is 73.7 Å². The van der Waals surface area contributed by atoms with E-state index in [4.69, 9.17) is 38.8 Å². The average Bonchev–Trinajstić information content (AvgIpc) is 3.00. The van der Waals surface area contributed by atoms with Gasteiger partial charge in [0.15, 0.2) is 0 Å². The van der Waals surface area contributed by atoms with Crippen LogP contribution >= 0.6 is 23.2 Å². The van der Waals surface area contributed by atoms with E-state index in [9.17, 15) is 4.79 Å². The van der Waals surface area contributed by atoms with Crippen LogP contribution in [0.15, 0.2) is 42.5 Å². The number of ether oxygens (including phenoxy) is 1. The molecule has 0 amide bonds. The normalized spacial score (nSPS) is 18.7. The molecule has 0 aliphatic carbocycles. The first-order valence-electron chi connectivity index (χ1n) is 14.5. The number of benzene rings is 2. The van der Waals surface area contributed by atoms with E-state index < -0.39 is 5.41 Å². The summed E-state index contributed by atoms with van der Waals surface area (Å²) in [6.07, 6.45) is 9.98. The molecule has 0 saturated carbocycles. The molecule has 0 spiro atoms. The molecule has 2 fully saturated rings. The summed E-state index contributed by atoms with van der Waals surface area (Å²) in [5.74, 6) is 0.132. The number of methoxy groups -OCH3 is 1. The average molecular weight is 586 g/mol. The van der Waals surface area contributed by atoms with E-state index in [1.807, 2.05) is 18.2 Å². The lowest BCUT2D eigenvalue weighted by molar-refractivity contribution is 0.0883. The van der Waals surface area contributed by atoms with Gasteiger partial charge in [-0.15, -0.1) is 0 Å². The van der Waals surface area contributed by atoms with Crippen LogP contribution in [0.2, 0.25) is 10.0 Å². The molecule has 2 aromatic rings. The highest BCUT2D eigenvalue weighted by Crippen LogP contribution is 2.40. The van der Waals surface area contributed by atoms with Crippen LogP contribution in [0.25, 0.3) is 0 Å². The summed E-state index contributed by atoms with van der Waals surface area (Å²) in [5.41, 5.74) is 0.850. The lowest BCUT2D eigenvalue weighted by Gasteiger charge is -2.42. The minimum atomic E-state index is -0.537. The first kappa shape index (κ1) is 30.7. The van der Waals surface area contributed by atoms with Crippen molar-refractivity contribution in [1.82, 2.24) is 9.80 Å². The second-order valence-corrected chi connectivity index (χ2v) is 12.1. The number of carbonyl (C=O) groups is 1. The smallest absolute Gasteiger partial charge is 0.210 e. The van der Waals surface area contributed by atoms with Gasteiger partial charge in [-0.05, 0) is 114 Å². The van der Waals surface area contributed by atoms with E-state index in [-0.39, 0.29) is 17.9 Å². The molecule has 0 unspecified atom stereocenters. The topological polar surface area (TPSA) is 80.5 Å². The molecular formula is C32H42Cl2N4O2. The number of nitrogens with zero attached hydrogens (tertiary/aromatic N) is 2. The van der Waals surface area contributed by atoms with E-state index in [1.165, 1.54) is 58.5 Å². The van der Waals surface area contributed by atoms with Crippen LogP contribution in [0.3, 0.4) is 0 Å². The maximum absolute atomic E-state index is 13.5. The van der Waals surface area contributed by atoms with Gasteiger partial charge in [-0.1, -0.05) is 47.8 Å². The molecule has 2 heterocycles. The second kappa shape index (κ2) is 14.6. The zero-order valence-corrected chi connectivity index (χ0v) is 25.1. The Bertz CT molecular complexity index is 1180. The van der Waals surface area contributed by atoms with Gasteiger partial charge in [0.2, 0.25) is 5.78 Å². The Hall–Kier alpha value is -2.25. The summed E-state index contributed by atoms with van der Waals surface area (Å²) in [4.78, 5) is 18.7. The number of halogens is 2. The summed E-state index contributed by atoms with van der Waals surface area (Å²) >= 11 is 12.8. The standard InChI is InChI=1S/C32H42Cl2N4O2/c1-40-30-9-4-3-8-26(30)31(39)29(36)23-32(14-7-16-35,24-10-11-27(33)28(34)22-24)15-21-37-19-12-25(13-20-37)38-17-5-2-6-18-38/h3-4,8-11,16,22,25,35-36H,2,5-7,12-15,17-21,23H2,1H3/t32-/m0/s1. The Morgan fingerprint density at radius 1 is 1.02 bits per heavy atom. The first-order chi connectivity index (χ1) is 19.4. The molecule has 216 valence electrons. The molecule has 2 N–H and O–H groups in total. The van der Waals surface area contributed by atoms with Crippen molar-refractivity contribution in [2.45, 2.75) is 69.2 Å². The van der Waals surface area contributed by atoms with Gasteiger partial charge in [0.25, 0.3) is 0 Å². The van der Waals surface area contributed by atoms with Crippen LogP contribution in [0.5, 0.6) is 5.75 Å². The fraction of sp³-hybridized carbons (Fsp3) is 0.531. The van der Waals surface area contributed by atoms with E-state index in [0.717, 1.165) is 31.6 Å². The number of para-hydroxylation sites is 1. The fourth-order valence-corrected chi connectivity index (χ4v) is 6.74. The molecule has 6 nitrogen and oxygen atoms in total. The second-order valence-electron chi connectivity index (χ2n) is 11.3. The van der Waals surface area contributed by atoms with Crippen molar-refractivity contribution >= 4 is 40.9 Å². The van der Waals surface area contributed by atoms with Gasteiger partial charge >= 0.3 is 0 Å². The summed E-state index contributed by atoms with van der Waals surface area (Å²) in [6, 6.07) is 13.4. The van der Waals surface area contributed by atoms with Gasteiger partial charge in [0.05, 0.1) is 28.4 Å². The van der Waals surface area contributed by atoms with Gasteiger partial charge in [0, 0.05) is 17.9 Å². The zero-order chi connectivity index (χ0) is 28.5. The van der Waals surface area contributed by atoms with Crippen molar-refractivity contribution in [2.24, 2.45) is 0 Å². The van der Waals surface area contributed by atoms with E-state index in [0.29, 0.717) is 40.2 Å². The van der Waals surface area contributed by atoms with Crippen LogP contribution < -0.4 is 4.74 Å². The number of Topliss-reactive ketones (excluding diaryl/α,β-unsaturated/α-hetero) is 1. The Labute approximate surface area is 249 Å². The maximum atomic E-state index is 13.5. The molecule has 0 bridgehead atoms. The SMILES string of the molecule is COc1ccccc1C(=O)C(=N)C[C@](CCC=N)(CCN1CCC(N2CCCCC2)CC1)c1ccc(Cl)c(Cl)c1. The molecule has 2 aromatic carbocycles. The van der Waals surface area contributed by atoms with Crippen LogP contribution in [0.4, 0.5) is 0 Å². The Morgan fingerprint density at radius 3 is 2.42 bits per heavy atom. The number of carbonyl (C=O) groups excluding carboxylic acids is 1. The van der Waals surface area contributed by atoms with Crippen molar-refractivity contribution < 1.29 is 9.53 Å². The van der Waals surface area contributed by atoms with Gasteiger partial charge in [0.1, 0.15) is 5.75 Å². The first-order valence-corrected chi connectivity index (χ1v) is 15.3. The molecule has 8 heteroatoms. The highest BCUT2D eigenvalue weighted by atomic mass is 35.5. The number of hydrogen-bond donors (Lipinski definition) is 2. The van der Waals surface area contributed by atoms with Crippen LogP contribution in [-0.2, 0) is 5.41 Å². The quantitative estimate of drug-likeness (QED) is 0.191. The van der Waals surface area contributed by atoms with Crippen molar-refractivity contribution in [2.75, 3.05) is 39.8 Å². The summed E-state index contributed by atoms with van der Waals surface area (Å²) in [7, 11) is 1.54. The molecule has 2 aliphatic heterocycles. The van der Waals surface area contributed by atoms with Gasteiger partial charge in [-0.3, -0.25) is 4.79 Å².